The van der Waals surface area contributed by atoms with Crippen LogP contribution in [0.15, 0.2) is 19.4 Å². The van der Waals surface area contributed by atoms with Crippen LogP contribution < -0.4 is 16.8 Å². The van der Waals surface area contributed by atoms with E-state index >= 15 is 0 Å². The molecule has 0 saturated carbocycles. The Bertz CT molecular complexity index is 1570. The molecule has 1 N–H and O–H groups in total. The summed E-state index contributed by atoms with van der Waals surface area (Å²) in [6, 6.07) is 0. The molecule has 4 aromatic heterocycles. The number of aromatic amines is 1. The average Bonchev–Trinajstić information content (AvgIpc) is 3.01. The highest BCUT2D eigenvalue weighted by atomic mass is 32.2. The van der Waals surface area contributed by atoms with Crippen LogP contribution in [0.25, 0.3) is 21.3 Å². The fraction of sp³-hybridized carbons (Fsp3) is 0.429. The quantitative estimate of drug-likeness (QED) is 0.360. The summed E-state index contributed by atoms with van der Waals surface area (Å²) in [6.07, 6.45) is 0. The molecule has 32 heavy (non-hydrogen) atoms. The second kappa shape index (κ2) is 7.66. The van der Waals surface area contributed by atoms with Gasteiger partial charge in [-0.1, -0.05) is 32.5 Å². The van der Waals surface area contributed by atoms with Crippen LogP contribution in [-0.2, 0) is 25.3 Å². The number of nitrogens with zero attached hydrogens (tertiary/aromatic N) is 5. The molecule has 0 fully saturated rings. The van der Waals surface area contributed by atoms with Crippen LogP contribution in [0.3, 0.4) is 0 Å². The molecule has 11 heteroatoms. The second-order valence-electron chi connectivity index (χ2n) is 8.77. The van der Waals surface area contributed by atoms with Gasteiger partial charge in [0.1, 0.15) is 26.9 Å². The molecular weight excluding hydrogens is 448 g/mol. The first-order valence-electron chi connectivity index (χ1n) is 10.00. The summed E-state index contributed by atoms with van der Waals surface area (Å²) in [5.74, 6) is 1.33. The van der Waals surface area contributed by atoms with Gasteiger partial charge in [-0.05, 0) is 19.4 Å². The zero-order chi connectivity index (χ0) is 23.5. The van der Waals surface area contributed by atoms with Crippen LogP contribution >= 0.6 is 23.1 Å². The number of thioether (sulfide) groups is 1. The lowest BCUT2D eigenvalue weighted by Gasteiger charge is -2.19. The molecule has 0 saturated heterocycles. The van der Waals surface area contributed by atoms with Crippen LogP contribution in [0.4, 0.5) is 0 Å². The Morgan fingerprint density at radius 3 is 2.34 bits per heavy atom. The van der Waals surface area contributed by atoms with E-state index in [1.54, 1.807) is 7.05 Å². The summed E-state index contributed by atoms with van der Waals surface area (Å²) < 4.78 is 2.41. The van der Waals surface area contributed by atoms with E-state index < -0.39 is 16.7 Å². The van der Waals surface area contributed by atoms with Gasteiger partial charge in [-0.3, -0.25) is 18.7 Å². The molecule has 4 rings (SSSR count). The molecule has 0 amide bonds. The van der Waals surface area contributed by atoms with Crippen molar-refractivity contribution in [2.45, 2.75) is 50.8 Å². The molecule has 168 valence electrons. The van der Waals surface area contributed by atoms with E-state index in [0.29, 0.717) is 38.3 Å². The van der Waals surface area contributed by atoms with E-state index in [1.165, 1.54) is 34.7 Å². The lowest BCUT2D eigenvalue weighted by molar-refractivity contribution is 0.539. The largest absolute Gasteiger partial charge is 0.332 e. The van der Waals surface area contributed by atoms with Gasteiger partial charge in [0.15, 0.2) is 5.65 Å². The SMILES string of the molecule is Cc1sc2nc(CSc3nc(C(C)(C)C)nc4c3c(=O)n(C)c(=O)n4C)[nH]c(=O)c2c1C. The number of rotatable bonds is 3. The first-order valence-corrected chi connectivity index (χ1v) is 11.8. The van der Waals surface area contributed by atoms with Gasteiger partial charge >= 0.3 is 5.69 Å². The van der Waals surface area contributed by atoms with Gasteiger partial charge in [-0.15, -0.1) is 11.3 Å². The highest BCUT2D eigenvalue weighted by molar-refractivity contribution is 7.98. The summed E-state index contributed by atoms with van der Waals surface area (Å²) in [4.78, 5) is 56.4. The Hall–Kier alpha value is -2.79. The number of aryl methyl sites for hydroxylation is 3. The predicted octanol–water partition coefficient (Wildman–Crippen LogP) is 2.53. The van der Waals surface area contributed by atoms with Crippen LogP contribution in [0.5, 0.6) is 0 Å². The molecule has 0 aliphatic carbocycles. The van der Waals surface area contributed by atoms with Crippen molar-refractivity contribution in [2.24, 2.45) is 14.1 Å². The number of hydrogen-bond acceptors (Lipinski definition) is 8. The molecule has 0 aliphatic heterocycles. The van der Waals surface area contributed by atoms with Crippen LogP contribution in [-0.4, -0.2) is 29.1 Å². The Morgan fingerprint density at radius 2 is 1.69 bits per heavy atom. The number of H-pyrrole nitrogens is 1. The van der Waals surface area contributed by atoms with E-state index in [0.717, 1.165) is 15.0 Å². The van der Waals surface area contributed by atoms with Crippen molar-refractivity contribution in [1.29, 1.82) is 0 Å². The van der Waals surface area contributed by atoms with Crippen molar-refractivity contribution in [3.63, 3.8) is 0 Å². The summed E-state index contributed by atoms with van der Waals surface area (Å²) in [5.41, 5.74) is -0.225. The summed E-state index contributed by atoms with van der Waals surface area (Å²) in [7, 11) is 3.02. The minimum absolute atomic E-state index is 0.173. The molecular formula is C21H24N6O3S2. The van der Waals surface area contributed by atoms with Crippen molar-refractivity contribution in [1.82, 2.24) is 29.1 Å². The minimum Gasteiger partial charge on any atom is -0.309 e. The maximum atomic E-state index is 12.9. The molecule has 0 spiro atoms. The van der Waals surface area contributed by atoms with E-state index in [9.17, 15) is 14.4 Å². The summed E-state index contributed by atoms with van der Waals surface area (Å²) in [6.45, 7) is 9.79. The summed E-state index contributed by atoms with van der Waals surface area (Å²) >= 11 is 2.78. The standard InChI is InChI=1S/C21H24N6O3S2/c1-9-10(2)32-17-12(9)15(28)22-11(23-17)8-31-16-13-14(24-19(25-16)21(3,4)5)26(6)20(30)27(7)18(13)29/h8H2,1-7H3,(H,22,23,28). The lowest BCUT2D eigenvalue weighted by Crippen LogP contribution is -2.38. The lowest BCUT2D eigenvalue weighted by atomic mass is 9.96. The van der Waals surface area contributed by atoms with Crippen molar-refractivity contribution >= 4 is 44.3 Å². The zero-order valence-electron chi connectivity index (χ0n) is 19.0. The zero-order valence-corrected chi connectivity index (χ0v) is 20.6. The third kappa shape index (κ3) is 3.58. The molecule has 0 radical (unpaired) electrons. The number of aromatic nitrogens is 6. The molecule has 0 unspecified atom stereocenters. The number of nitrogens with one attached hydrogen (secondary N) is 1. The first kappa shape index (κ1) is 22.4. The highest BCUT2D eigenvalue weighted by Gasteiger charge is 2.24. The average molecular weight is 473 g/mol. The van der Waals surface area contributed by atoms with Gasteiger partial charge < -0.3 is 4.98 Å². The maximum absolute atomic E-state index is 12.9. The molecule has 0 bridgehead atoms. The van der Waals surface area contributed by atoms with E-state index in [1.807, 2.05) is 34.6 Å². The van der Waals surface area contributed by atoms with Crippen LogP contribution in [0.2, 0.25) is 0 Å². The van der Waals surface area contributed by atoms with Crippen molar-refractivity contribution in [3.05, 3.63) is 53.3 Å². The Kier molecular flexibility index (Phi) is 5.36. The Balaban J connectivity index is 1.87. The normalized spacial score (nSPS) is 12.2. The molecule has 0 aromatic carbocycles. The molecule has 0 atom stereocenters. The second-order valence-corrected chi connectivity index (χ2v) is 10.9. The van der Waals surface area contributed by atoms with Crippen molar-refractivity contribution in [3.8, 4) is 0 Å². The number of fused-ring (bicyclic) bond motifs is 2. The molecule has 4 aromatic rings. The van der Waals surface area contributed by atoms with Gasteiger partial charge in [0.2, 0.25) is 0 Å². The van der Waals surface area contributed by atoms with Gasteiger partial charge in [0, 0.05) is 24.4 Å². The van der Waals surface area contributed by atoms with Crippen LogP contribution in [0.1, 0.15) is 42.9 Å². The Labute approximate surface area is 191 Å². The monoisotopic (exact) mass is 472 g/mol. The number of hydrogen-bond donors (Lipinski definition) is 1. The summed E-state index contributed by atoms with van der Waals surface area (Å²) in [5, 5.41) is 1.35. The highest BCUT2D eigenvalue weighted by Crippen LogP contribution is 2.30. The topological polar surface area (TPSA) is 116 Å². The van der Waals surface area contributed by atoms with Gasteiger partial charge in [0.25, 0.3) is 11.1 Å². The maximum Gasteiger partial charge on any atom is 0.332 e. The molecule has 9 nitrogen and oxygen atoms in total. The predicted molar refractivity (Wildman–Crippen MR) is 128 cm³/mol. The molecule has 0 aliphatic rings. The fourth-order valence-electron chi connectivity index (χ4n) is 3.37. The van der Waals surface area contributed by atoms with E-state index in [4.69, 9.17) is 0 Å². The van der Waals surface area contributed by atoms with Gasteiger partial charge in [-0.25, -0.2) is 19.7 Å². The minimum atomic E-state index is -0.451. The third-order valence-electron chi connectivity index (χ3n) is 5.37. The van der Waals surface area contributed by atoms with E-state index in [-0.39, 0.29) is 10.9 Å². The first-order chi connectivity index (χ1) is 14.9. The smallest absolute Gasteiger partial charge is 0.309 e. The van der Waals surface area contributed by atoms with Gasteiger partial charge in [0.05, 0.1) is 11.1 Å². The number of thiophene rings is 1. The molecule has 4 heterocycles. The third-order valence-corrected chi connectivity index (χ3v) is 7.46. The van der Waals surface area contributed by atoms with Crippen molar-refractivity contribution < 1.29 is 0 Å². The van der Waals surface area contributed by atoms with E-state index in [2.05, 4.69) is 19.9 Å². The fourth-order valence-corrected chi connectivity index (χ4v) is 5.31. The van der Waals surface area contributed by atoms with Crippen molar-refractivity contribution in [2.75, 3.05) is 0 Å². The Morgan fingerprint density at radius 1 is 1.00 bits per heavy atom. The van der Waals surface area contributed by atoms with Crippen LogP contribution in [0, 0.1) is 13.8 Å². The van der Waals surface area contributed by atoms with Gasteiger partial charge in [-0.2, -0.15) is 0 Å².